The van der Waals surface area contributed by atoms with Crippen LogP contribution in [0.3, 0.4) is 0 Å². The van der Waals surface area contributed by atoms with Gasteiger partial charge in [-0.25, -0.2) is 17.8 Å². The molecule has 1 N–H and O–H groups in total. The van der Waals surface area contributed by atoms with Gasteiger partial charge >= 0.3 is 6.18 Å². The van der Waals surface area contributed by atoms with Crippen molar-refractivity contribution in [2.75, 3.05) is 0 Å². The Hall–Kier alpha value is -2.36. The molecule has 0 unspecified atom stereocenters. The highest BCUT2D eigenvalue weighted by molar-refractivity contribution is 7.89. The van der Waals surface area contributed by atoms with Crippen molar-refractivity contribution in [2.24, 2.45) is 0 Å². The lowest BCUT2D eigenvalue weighted by atomic mass is 10.2. The van der Waals surface area contributed by atoms with E-state index in [1.54, 1.807) is 12.3 Å². The van der Waals surface area contributed by atoms with Crippen LogP contribution in [0.25, 0.3) is 5.69 Å². The number of para-hydroxylation sites is 1. The van der Waals surface area contributed by atoms with Gasteiger partial charge in [0.15, 0.2) is 0 Å². The van der Waals surface area contributed by atoms with Crippen molar-refractivity contribution in [3.05, 3.63) is 77.1 Å². The monoisotopic (exact) mass is 415 g/mol. The molecule has 0 aliphatic rings. The second kappa shape index (κ2) is 7.34. The summed E-state index contributed by atoms with van der Waals surface area (Å²) in [6.45, 7) is -0.262. The maximum Gasteiger partial charge on any atom is 0.417 e. The molecule has 1 heterocycles. The summed E-state index contributed by atoms with van der Waals surface area (Å²) in [7, 11) is -4.42. The third kappa shape index (κ3) is 4.49. The molecule has 0 fully saturated rings. The van der Waals surface area contributed by atoms with Crippen LogP contribution in [0.2, 0.25) is 5.02 Å². The summed E-state index contributed by atoms with van der Waals surface area (Å²) in [5.74, 6) is 0. The molecule has 0 saturated heterocycles. The molecule has 2 aromatic carbocycles. The van der Waals surface area contributed by atoms with Crippen molar-refractivity contribution in [3.8, 4) is 5.69 Å². The van der Waals surface area contributed by atoms with Crippen LogP contribution in [-0.2, 0) is 22.7 Å². The zero-order valence-electron chi connectivity index (χ0n) is 13.6. The molecule has 0 amide bonds. The van der Waals surface area contributed by atoms with Gasteiger partial charge in [0.2, 0.25) is 10.0 Å². The first-order valence-corrected chi connectivity index (χ1v) is 9.49. The molecule has 3 rings (SSSR count). The Kier molecular flexibility index (Phi) is 5.27. The van der Waals surface area contributed by atoms with Crippen LogP contribution >= 0.6 is 11.6 Å². The molecule has 0 aliphatic carbocycles. The summed E-state index contributed by atoms with van der Waals surface area (Å²) in [5, 5.41) is 4.00. The summed E-state index contributed by atoms with van der Waals surface area (Å²) in [4.78, 5) is -0.887. The highest BCUT2D eigenvalue weighted by Crippen LogP contribution is 2.35. The van der Waals surface area contributed by atoms with E-state index in [1.807, 2.05) is 30.3 Å². The number of halogens is 4. The number of rotatable bonds is 5. The molecular formula is C17H13ClF3N3O2S. The fraction of sp³-hybridized carbons (Fsp3) is 0.118. The summed E-state index contributed by atoms with van der Waals surface area (Å²) >= 11 is 5.58. The lowest BCUT2D eigenvalue weighted by Crippen LogP contribution is -2.26. The SMILES string of the molecule is O=S(=O)(NCc1ccn(-c2ccccc2)n1)c1ccc(Cl)cc1C(F)(F)F. The Morgan fingerprint density at radius 3 is 2.44 bits per heavy atom. The molecule has 0 atom stereocenters. The molecule has 0 saturated carbocycles. The third-order valence-electron chi connectivity index (χ3n) is 3.64. The number of aromatic nitrogens is 2. The number of sulfonamides is 1. The first kappa shape index (κ1) is 19.4. The molecule has 5 nitrogen and oxygen atoms in total. The Labute approximate surface area is 158 Å². The molecule has 0 radical (unpaired) electrons. The zero-order chi connectivity index (χ0) is 19.7. The van der Waals surface area contributed by atoms with E-state index >= 15 is 0 Å². The van der Waals surface area contributed by atoms with E-state index < -0.39 is 26.7 Å². The van der Waals surface area contributed by atoms with E-state index in [0.717, 1.165) is 17.8 Å². The first-order chi connectivity index (χ1) is 12.7. The van der Waals surface area contributed by atoms with E-state index in [-0.39, 0.29) is 11.6 Å². The molecule has 1 aromatic heterocycles. The summed E-state index contributed by atoms with van der Waals surface area (Å²) in [6.07, 6.45) is -3.23. The maximum atomic E-state index is 13.1. The van der Waals surface area contributed by atoms with E-state index in [2.05, 4.69) is 9.82 Å². The lowest BCUT2D eigenvalue weighted by molar-refractivity contribution is -0.139. The van der Waals surface area contributed by atoms with Crippen LogP contribution in [0, 0.1) is 0 Å². The van der Waals surface area contributed by atoms with Gasteiger partial charge in [0.1, 0.15) is 0 Å². The van der Waals surface area contributed by atoms with E-state index in [9.17, 15) is 21.6 Å². The molecule has 10 heteroatoms. The number of nitrogens with one attached hydrogen (secondary N) is 1. The Bertz CT molecular complexity index is 1050. The fourth-order valence-electron chi connectivity index (χ4n) is 2.39. The Morgan fingerprint density at radius 2 is 1.78 bits per heavy atom. The van der Waals surface area contributed by atoms with Crippen molar-refractivity contribution in [1.29, 1.82) is 0 Å². The first-order valence-electron chi connectivity index (χ1n) is 7.63. The predicted molar refractivity (Wildman–Crippen MR) is 94.0 cm³/mol. The second-order valence-electron chi connectivity index (χ2n) is 5.55. The highest BCUT2D eigenvalue weighted by atomic mass is 35.5. The number of hydrogen-bond acceptors (Lipinski definition) is 3. The molecule has 0 spiro atoms. The number of hydrogen-bond donors (Lipinski definition) is 1. The minimum atomic E-state index is -4.86. The molecule has 142 valence electrons. The van der Waals surface area contributed by atoms with Crippen molar-refractivity contribution < 1.29 is 21.6 Å². The van der Waals surface area contributed by atoms with E-state index in [4.69, 9.17) is 11.6 Å². The largest absolute Gasteiger partial charge is 0.417 e. The second-order valence-corrected chi connectivity index (χ2v) is 7.72. The van der Waals surface area contributed by atoms with Gasteiger partial charge < -0.3 is 0 Å². The number of nitrogens with zero attached hydrogens (tertiary/aromatic N) is 2. The highest BCUT2D eigenvalue weighted by Gasteiger charge is 2.37. The summed E-state index contributed by atoms with van der Waals surface area (Å²) in [6, 6.07) is 13.2. The van der Waals surface area contributed by atoms with Crippen LogP contribution < -0.4 is 4.72 Å². The third-order valence-corrected chi connectivity index (χ3v) is 5.34. The van der Waals surface area contributed by atoms with Gasteiger partial charge in [0.05, 0.1) is 28.4 Å². The quantitative estimate of drug-likeness (QED) is 0.684. The fourth-order valence-corrected chi connectivity index (χ4v) is 3.76. The van der Waals surface area contributed by atoms with Gasteiger partial charge in [0.25, 0.3) is 0 Å². The molecule has 27 heavy (non-hydrogen) atoms. The van der Waals surface area contributed by atoms with Crippen LogP contribution in [0.4, 0.5) is 13.2 Å². The number of benzene rings is 2. The van der Waals surface area contributed by atoms with E-state index in [1.165, 1.54) is 4.68 Å². The average Bonchev–Trinajstić information content (AvgIpc) is 3.09. The van der Waals surface area contributed by atoms with Crippen molar-refractivity contribution in [2.45, 2.75) is 17.6 Å². The summed E-state index contributed by atoms with van der Waals surface area (Å²) in [5.41, 5.74) is -0.203. The summed E-state index contributed by atoms with van der Waals surface area (Å²) < 4.78 is 67.9. The minimum absolute atomic E-state index is 0.206. The number of alkyl halides is 3. The molecular weight excluding hydrogens is 403 g/mol. The van der Waals surface area contributed by atoms with Crippen molar-refractivity contribution in [3.63, 3.8) is 0 Å². The molecule has 3 aromatic rings. The van der Waals surface area contributed by atoms with Gasteiger partial charge in [-0.1, -0.05) is 29.8 Å². The van der Waals surface area contributed by atoms with Gasteiger partial charge in [-0.2, -0.15) is 18.3 Å². The lowest BCUT2D eigenvalue weighted by Gasteiger charge is -2.14. The normalized spacial score (nSPS) is 12.3. The van der Waals surface area contributed by atoms with Crippen LogP contribution in [0.15, 0.2) is 65.7 Å². The maximum absolute atomic E-state index is 13.1. The zero-order valence-corrected chi connectivity index (χ0v) is 15.2. The smallest absolute Gasteiger partial charge is 0.241 e. The van der Waals surface area contributed by atoms with Gasteiger partial charge in [0, 0.05) is 11.2 Å². The Balaban J connectivity index is 1.82. The molecule has 0 aliphatic heterocycles. The van der Waals surface area contributed by atoms with Crippen LogP contribution in [0.1, 0.15) is 11.3 Å². The van der Waals surface area contributed by atoms with Crippen molar-refractivity contribution in [1.82, 2.24) is 14.5 Å². The van der Waals surface area contributed by atoms with Gasteiger partial charge in [-0.3, -0.25) is 0 Å². The minimum Gasteiger partial charge on any atom is -0.241 e. The van der Waals surface area contributed by atoms with Crippen LogP contribution in [-0.4, -0.2) is 18.2 Å². The molecule has 0 bridgehead atoms. The van der Waals surface area contributed by atoms with Crippen LogP contribution in [0.5, 0.6) is 0 Å². The van der Waals surface area contributed by atoms with Gasteiger partial charge in [-0.15, -0.1) is 0 Å². The van der Waals surface area contributed by atoms with E-state index in [0.29, 0.717) is 11.8 Å². The topological polar surface area (TPSA) is 64.0 Å². The average molecular weight is 416 g/mol. The van der Waals surface area contributed by atoms with Gasteiger partial charge in [-0.05, 0) is 36.4 Å². The predicted octanol–water partition coefficient (Wildman–Crippen LogP) is 4.02. The Morgan fingerprint density at radius 1 is 1.07 bits per heavy atom. The standard InChI is InChI=1S/C17H13ClF3N3O2S/c18-12-6-7-16(15(10-12)17(19,20)21)27(25,26)22-11-13-8-9-24(23-13)14-4-2-1-3-5-14/h1-10,22H,11H2. The van der Waals surface area contributed by atoms with Crippen molar-refractivity contribution >= 4 is 21.6 Å².